The molecule has 9 heteroatoms. The Balaban J connectivity index is 1.26. The zero-order valence-electron chi connectivity index (χ0n) is 19.2. The van der Waals surface area contributed by atoms with Gasteiger partial charge in [-0.3, -0.25) is 10.2 Å². The Morgan fingerprint density at radius 1 is 1.12 bits per heavy atom. The third-order valence-corrected chi connectivity index (χ3v) is 7.09. The third kappa shape index (κ3) is 4.65. The average Bonchev–Trinajstić information content (AvgIpc) is 3.48. The van der Waals surface area contributed by atoms with Crippen molar-refractivity contribution in [2.45, 2.75) is 39.2 Å². The van der Waals surface area contributed by atoms with E-state index in [-0.39, 0.29) is 11.4 Å². The number of hydrazone groups is 1. The van der Waals surface area contributed by atoms with E-state index >= 15 is 0 Å². The van der Waals surface area contributed by atoms with Gasteiger partial charge in [-0.15, -0.1) is 5.10 Å². The lowest BCUT2D eigenvalue weighted by Gasteiger charge is -2.26. The lowest BCUT2D eigenvalue weighted by Crippen LogP contribution is -2.35. The standard InChI is InChI=1S/C25H28N6O2S/c1-18-9-3-4-11-21(18)33-16-8-15-29-14-7-10-19(29)17-20-22(26)31-24(27-23(20)32)34-25(28-31)30-12-5-2-6-13-30/h3-4,7,9-11,14,17,26H,2,5-6,8,12-13,15-16H2,1H3/b20-17-,26-22?. The molecular weight excluding hydrogens is 448 g/mol. The number of benzene rings is 1. The second-order valence-electron chi connectivity index (χ2n) is 8.54. The van der Waals surface area contributed by atoms with Gasteiger partial charge in [-0.25, -0.2) is 0 Å². The summed E-state index contributed by atoms with van der Waals surface area (Å²) in [6.07, 6.45) is 8.05. The van der Waals surface area contributed by atoms with Gasteiger partial charge in [0, 0.05) is 31.5 Å². The molecule has 5 rings (SSSR count). The fourth-order valence-electron chi connectivity index (χ4n) is 4.24. The summed E-state index contributed by atoms with van der Waals surface area (Å²) in [5.74, 6) is 0.583. The molecule has 1 N–H and O–H groups in total. The number of aryl methyl sites for hydroxylation is 2. The van der Waals surface area contributed by atoms with Gasteiger partial charge in [0.25, 0.3) is 5.91 Å². The molecule has 0 saturated carbocycles. The van der Waals surface area contributed by atoms with Crippen LogP contribution in [0.3, 0.4) is 0 Å². The summed E-state index contributed by atoms with van der Waals surface area (Å²) >= 11 is 1.38. The number of hydrogen-bond acceptors (Lipinski definition) is 6. The van der Waals surface area contributed by atoms with E-state index in [1.807, 2.05) is 49.5 Å². The van der Waals surface area contributed by atoms with E-state index in [2.05, 4.69) is 19.6 Å². The average molecular weight is 477 g/mol. The number of amides is 1. The highest BCUT2D eigenvalue weighted by molar-refractivity contribution is 8.26. The fourth-order valence-corrected chi connectivity index (χ4v) is 5.18. The highest BCUT2D eigenvalue weighted by Gasteiger charge is 2.37. The second kappa shape index (κ2) is 9.89. The van der Waals surface area contributed by atoms with E-state index in [4.69, 9.17) is 10.1 Å². The normalized spacial score (nSPS) is 19.4. The maximum Gasteiger partial charge on any atom is 0.283 e. The summed E-state index contributed by atoms with van der Waals surface area (Å²) in [4.78, 5) is 19.2. The first-order valence-electron chi connectivity index (χ1n) is 11.7. The van der Waals surface area contributed by atoms with Crippen molar-refractivity contribution >= 4 is 39.9 Å². The summed E-state index contributed by atoms with van der Waals surface area (Å²) in [7, 11) is 0. The second-order valence-corrected chi connectivity index (χ2v) is 9.48. The van der Waals surface area contributed by atoms with Crippen molar-refractivity contribution in [1.29, 1.82) is 5.41 Å². The van der Waals surface area contributed by atoms with Crippen LogP contribution in [0.4, 0.5) is 0 Å². The number of hydrogen-bond donors (Lipinski definition) is 1. The maximum absolute atomic E-state index is 12.8. The first-order chi connectivity index (χ1) is 16.6. The van der Waals surface area contributed by atoms with E-state index in [9.17, 15) is 4.79 Å². The molecule has 4 heterocycles. The lowest BCUT2D eigenvalue weighted by atomic mass is 10.1. The third-order valence-electron chi connectivity index (χ3n) is 6.12. The number of ether oxygens (including phenoxy) is 1. The maximum atomic E-state index is 12.8. The quantitative estimate of drug-likeness (QED) is 0.495. The van der Waals surface area contributed by atoms with Crippen molar-refractivity contribution in [2.75, 3.05) is 19.7 Å². The fraction of sp³-hybridized carbons (Fsp3) is 0.360. The van der Waals surface area contributed by atoms with Crippen molar-refractivity contribution in [1.82, 2.24) is 14.5 Å². The van der Waals surface area contributed by atoms with Crippen LogP contribution < -0.4 is 4.74 Å². The topological polar surface area (TPSA) is 86.3 Å². The number of para-hydroxylation sites is 1. The Kier molecular flexibility index (Phi) is 6.53. The number of thioether (sulfide) groups is 1. The van der Waals surface area contributed by atoms with Crippen LogP contribution in [0.5, 0.6) is 5.75 Å². The van der Waals surface area contributed by atoms with E-state index in [1.165, 1.54) is 23.2 Å². The van der Waals surface area contributed by atoms with Crippen LogP contribution >= 0.6 is 11.8 Å². The first-order valence-corrected chi connectivity index (χ1v) is 12.5. The molecular formula is C25H28N6O2S. The number of amidine groups is 3. The lowest BCUT2D eigenvalue weighted by molar-refractivity contribution is -0.114. The Bertz CT molecular complexity index is 1190. The van der Waals surface area contributed by atoms with Gasteiger partial charge in [0.15, 0.2) is 11.0 Å². The smallest absolute Gasteiger partial charge is 0.283 e. The highest BCUT2D eigenvalue weighted by Crippen LogP contribution is 2.30. The Morgan fingerprint density at radius 2 is 1.94 bits per heavy atom. The zero-order chi connectivity index (χ0) is 23.5. The van der Waals surface area contributed by atoms with Gasteiger partial charge in [0.2, 0.25) is 5.17 Å². The Morgan fingerprint density at radius 3 is 2.76 bits per heavy atom. The molecule has 1 aromatic heterocycles. The molecule has 8 nitrogen and oxygen atoms in total. The summed E-state index contributed by atoms with van der Waals surface area (Å²) in [6, 6.07) is 11.9. The molecule has 1 amide bonds. The number of aromatic nitrogens is 1. The van der Waals surface area contributed by atoms with E-state index in [0.29, 0.717) is 11.8 Å². The van der Waals surface area contributed by atoms with Crippen molar-refractivity contribution < 1.29 is 9.53 Å². The number of carbonyl (C=O) groups excluding carboxylic acids is 1. The molecule has 176 valence electrons. The number of nitrogens with zero attached hydrogens (tertiary/aromatic N) is 5. The number of carbonyl (C=O) groups is 1. The highest BCUT2D eigenvalue weighted by atomic mass is 32.2. The molecule has 0 aliphatic carbocycles. The Hall–Kier alpha value is -3.33. The molecule has 3 aliphatic heterocycles. The minimum Gasteiger partial charge on any atom is -0.493 e. The molecule has 3 aliphatic rings. The molecule has 34 heavy (non-hydrogen) atoms. The van der Waals surface area contributed by atoms with Crippen molar-refractivity contribution in [2.24, 2.45) is 10.1 Å². The van der Waals surface area contributed by atoms with Crippen LogP contribution in [0.25, 0.3) is 6.08 Å². The Labute approximate surface area is 203 Å². The minimum atomic E-state index is -0.394. The SMILES string of the molecule is Cc1ccccc1OCCCn1cccc1/C=C1/C(=N)N2N=C(N3CCCCC3)SC2=NC1=O. The largest absolute Gasteiger partial charge is 0.493 e. The van der Waals surface area contributed by atoms with Gasteiger partial charge >= 0.3 is 0 Å². The summed E-state index contributed by atoms with van der Waals surface area (Å²) in [5.41, 5.74) is 2.23. The minimum absolute atomic E-state index is 0.0742. The molecule has 2 aromatic rings. The summed E-state index contributed by atoms with van der Waals surface area (Å²) < 4.78 is 7.97. The first kappa shape index (κ1) is 22.5. The van der Waals surface area contributed by atoms with Crippen molar-refractivity contribution in [3.05, 3.63) is 59.4 Å². The monoisotopic (exact) mass is 476 g/mol. The van der Waals surface area contributed by atoms with Gasteiger partial charge in [0.05, 0.1) is 12.2 Å². The molecule has 1 fully saturated rings. The molecule has 0 unspecified atom stereocenters. The van der Waals surface area contributed by atoms with Gasteiger partial charge in [0.1, 0.15) is 5.75 Å². The molecule has 0 radical (unpaired) electrons. The van der Waals surface area contributed by atoms with Crippen molar-refractivity contribution in [3.8, 4) is 5.75 Å². The number of rotatable bonds is 6. The van der Waals surface area contributed by atoms with E-state index in [1.54, 1.807) is 6.08 Å². The summed E-state index contributed by atoms with van der Waals surface area (Å²) in [6.45, 7) is 5.29. The number of fused-ring (bicyclic) bond motifs is 1. The van der Waals surface area contributed by atoms with Crippen molar-refractivity contribution in [3.63, 3.8) is 0 Å². The van der Waals surface area contributed by atoms with Crippen LogP contribution in [0.15, 0.2) is 58.3 Å². The molecule has 0 bridgehead atoms. The van der Waals surface area contributed by atoms with Gasteiger partial charge in [-0.2, -0.15) is 10.0 Å². The predicted octanol–water partition coefficient (Wildman–Crippen LogP) is 4.33. The van der Waals surface area contributed by atoms with Crippen LogP contribution in [0.2, 0.25) is 0 Å². The van der Waals surface area contributed by atoms with Crippen LogP contribution in [0, 0.1) is 12.3 Å². The van der Waals surface area contributed by atoms with E-state index in [0.717, 1.165) is 61.1 Å². The number of aliphatic imine (C=N–C) groups is 1. The molecule has 0 spiro atoms. The molecule has 0 atom stereocenters. The van der Waals surface area contributed by atoms with Crippen LogP contribution in [-0.2, 0) is 11.3 Å². The number of piperidine rings is 1. The summed E-state index contributed by atoms with van der Waals surface area (Å²) in [5, 5.41) is 16.1. The van der Waals surface area contributed by atoms with Crippen LogP contribution in [0.1, 0.15) is 36.9 Å². The van der Waals surface area contributed by atoms with Gasteiger partial charge in [-0.05, 0) is 74.2 Å². The zero-order valence-corrected chi connectivity index (χ0v) is 20.1. The van der Waals surface area contributed by atoms with Crippen LogP contribution in [-0.4, -0.2) is 56.3 Å². The van der Waals surface area contributed by atoms with Gasteiger partial charge < -0.3 is 14.2 Å². The number of likely N-dealkylation sites (tertiary alicyclic amines) is 1. The number of nitrogens with one attached hydrogen (secondary N) is 1. The van der Waals surface area contributed by atoms with Gasteiger partial charge in [-0.1, -0.05) is 18.2 Å². The van der Waals surface area contributed by atoms with E-state index < -0.39 is 5.91 Å². The predicted molar refractivity (Wildman–Crippen MR) is 136 cm³/mol. The molecule has 1 saturated heterocycles. The molecule has 1 aromatic carbocycles.